The number of hydrogen-bond donors (Lipinski definition) is 0. The van der Waals surface area contributed by atoms with Crippen molar-refractivity contribution >= 4 is 27.9 Å². The smallest absolute Gasteiger partial charge is 0.307 e. The van der Waals surface area contributed by atoms with Gasteiger partial charge in [0.25, 0.3) is 0 Å². The Morgan fingerprint density at radius 3 is 2.29 bits per heavy atom. The second-order valence-electron chi connectivity index (χ2n) is 2.79. The highest BCUT2D eigenvalue weighted by atomic mass is 79.9. The molecule has 0 aromatic heterocycles. The number of rotatable bonds is 4. The molecule has 0 N–H and O–H groups in total. The fraction of sp³-hybridized carbons (Fsp3) is 0.556. The Bertz CT molecular complexity index is 247. The van der Waals surface area contributed by atoms with Crippen LogP contribution in [-0.2, 0) is 19.1 Å². The monoisotopic (exact) mass is 264 g/mol. The van der Waals surface area contributed by atoms with Crippen molar-refractivity contribution in [1.29, 1.82) is 0 Å². The standard InChI is InChI=1S/C9H13BrO4/c1-6(13-7(2)11)4-9(5-10)14-8(3)12/h5-6H,4H2,1-3H3/b9-5-. The van der Waals surface area contributed by atoms with Crippen LogP contribution in [-0.4, -0.2) is 18.0 Å². The Balaban J connectivity index is 4.06. The molecule has 80 valence electrons. The molecule has 0 aromatic carbocycles. The van der Waals surface area contributed by atoms with Crippen LogP contribution >= 0.6 is 15.9 Å². The van der Waals surface area contributed by atoms with Crippen molar-refractivity contribution < 1.29 is 19.1 Å². The highest BCUT2D eigenvalue weighted by molar-refractivity contribution is 9.11. The van der Waals surface area contributed by atoms with E-state index in [0.717, 1.165) is 0 Å². The van der Waals surface area contributed by atoms with Gasteiger partial charge in [-0.25, -0.2) is 0 Å². The molecule has 0 fully saturated rings. The van der Waals surface area contributed by atoms with Crippen molar-refractivity contribution in [2.75, 3.05) is 0 Å². The maximum Gasteiger partial charge on any atom is 0.307 e. The molecule has 14 heavy (non-hydrogen) atoms. The van der Waals surface area contributed by atoms with Gasteiger partial charge in [0, 0.05) is 25.3 Å². The van der Waals surface area contributed by atoms with E-state index in [1.807, 2.05) is 0 Å². The molecular formula is C9H13BrO4. The molecule has 0 saturated carbocycles. The molecule has 0 aliphatic rings. The van der Waals surface area contributed by atoms with Crippen LogP contribution in [0.2, 0.25) is 0 Å². The molecule has 0 aromatic rings. The molecule has 0 saturated heterocycles. The lowest BCUT2D eigenvalue weighted by atomic mass is 10.2. The summed E-state index contributed by atoms with van der Waals surface area (Å²) in [6, 6.07) is 0. The number of hydrogen-bond acceptors (Lipinski definition) is 4. The lowest BCUT2D eigenvalue weighted by molar-refractivity contribution is -0.145. The number of carbonyl (C=O) groups is 2. The molecule has 0 rings (SSSR count). The molecule has 4 nitrogen and oxygen atoms in total. The molecule has 0 bridgehead atoms. The molecule has 0 radical (unpaired) electrons. The third-order valence-electron chi connectivity index (χ3n) is 1.25. The summed E-state index contributed by atoms with van der Waals surface area (Å²) in [7, 11) is 0. The van der Waals surface area contributed by atoms with Crippen molar-refractivity contribution in [3.8, 4) is 0 Å². The van der Waals surface area contributed by atoms with E-state index < -0.39 is 5.97 Å². The zero-order valence-electron chi connectivity index (χ0n) is 8.37. The van der Waals surface area contributed by atoms with Gasteiger partial charge < -0.3 is 9.47 Å². The molecule has 0 heterocycles. The zero-order valence-corrected chi connectivity index (χ0v) is 9.96. The lowest BCUT2D eigenvalue weighted by Crippen LogP contribution is -2.14. The number of esters is 2. The third-order valence-corrected chi connectivity index (χ3v) is 1.76. The van der Waals surface area contributed by atoms with Gasteiger partial charge in [0.05, 0.1) is 0 Å². The van der Waals surface area contributed by atoms with Crippen LogP contribution in [0.4, 0.5) is 0 Å². The van der Waals surface area contributed by atoms with Gasteiger partial charge in [-0.15, -0.1) is 0 Å². The topological polar surface area (TPSA) is 52.6 Å². The van der Waals surface area contributed by atoms with E-state index in [4.69, 9.17) is 9.47 Å². The van der Waals surface area contributed by atoms with Gasteiger partial charge in [-0.3, -0.25) is 9.59 Å². The second-order valence-corrected chi connectivity index (χ2v) is 3.25. The van der Waals surface area contributed by atoms with E-state index in [1.165, 1.54) is 18.8 Å². The van der Waals surface area contributed by atoms with Crippen molar-refractivity contribution in [3.05, 3.63) is 10.7 Å². The summed E-state index contributed by atoms with van der Waals surface area (Å²) in [5.41, 5.74) is 0. The number of ether oxygens (including phenoxy) is 2. The maximum atomic E-state index is 10.6. The Hall–Kier alpha value is -0.840. The van der Waals surface area contributed by atoms with E-state index >= 15 is 0 Å². The minimum absolute atomic E-state index is 0.310. The Labute approximate surface area is 91.4 Å². The number of carbonyl (C=O) groups excluding carboxylic acids is 2. The SMILES string of the molecule is CC(=O)O/C(=C\Br)CC(C)OC(C)=O. The van der Waals surface area contributed by atoms with Crippen LogP contribution in [0.5, 0.6) is 0 Å². The summed E-state index contributed by atoms with van der Waals surface area (Å²) in [6.45, 7) is 4.37. The van der Waals surface area contributed by atoms with Crippen LogP contribution in [0, 0.1) is 0 Å². The van der Waals surface area contributed by atoms with Gasteiger partial charge in [-0.2, -0.15) is 0 Å². The summed E-state index contributed by atoms with van der Waals surface area (Å²) in [5.74, 6) is -0.314. The highest BCUT2D eigenvalue weighted by Gasteiger charge is 2.10. The Morgan fingerprint density at radius 2 is 1.93 bits per heavy atom. The van der Waals surface area contributed by atoms with Crippen molar-refractivity contribution in [3.63, 3.8) is 0 Å². The first-order valence-corrected chi connectivity index (χ1v) is 5.02. The maximum absolute atomic E-state index is 10.6. The zero-order chi connectivity index (χ0) is 11.1. The van der Waals surface area contributed by atoms with Crippen LogP contribution in [0.15, 0.2) is 10.7 Å². The predicted molar refractivity (Wildman–Crippen MR) is 54.6 cm³/mol. The third kappa shape index (κ3) is 6.65. The predicted octanol–water partition coefficient (Wildman–Crippen LogP) is 2.13. The molecule has 1 unspecified atom stereocenters. The molecule has 5 heteroatoms. The van der Waals surface area contributed by atoms with Gasteiger partial charge in [-0.05, 0) is 6.92 Å². The minimum atomic E-state index is -0.397. The van der Waals surface area contributed by atoms with Crippen molar-refractivity contribution in [2.24, 2.45) is 0 Å². The average molecular weight is 265 g/mol. The first-order valence-electron chi connectivity index (χ1n) is 4.10. The van der Waals surface area contributed by atoms with E-state index in [9.17, 15) is 9.59 Å². The van der Waals surface area contributed by atoms with Crippen molar-refractivity contribution in [2.45, 2.75) is 33.3 Å². The molecule has 0 spiro atoms. The van der Waals surface area contributed by atoms with Crippen molar-refractivity contribution in [1.82, 2.24) is 0 Å². The molecule has 0 aliphatic carbocycles. The summed E-state index contributed by atoms with van der Waals surface area (Å²) in [6.07, 6.45) is 0.0559. The Morgan fingerprint density at radius 1 is 1.36 bits per heavy atom. The fourth-order valence-corrected chi connectivity index (χ4v) is 1.18. The average Bonchev–Trinajstić information content (AvgIpc) is 2.00. The Kier molecular flexibility index (Phi) is 6.19. The first-order chi connectivity index (χ1) is 6.45. The second kappa shape index (κ2) is 6.59. The first kappa shape index (κ1) is 13.2. The molecule has 0 amide bonds. The summed E-state index contributed by atoms with van der Waals surface area (Å²) in [4.78, 5) is 22.7. The van der Waals surface area contributed by atoms with Crippen LogP contribution in [0.1, 0.15) is 27.2 Å². The largest absolute Gasteiger partial charge is 0.462 e. The lowest BCUT2D eigenvalue weighted by Gasteiger charge is -2.13. The van der Waals surface area contributed by atoms with E-state index in [1.54, 1.807) is 6.92 Å². The van der Waals surface area contributed by atoms with Gasteiger partial charge in [-0.1, -0.05) is 15.9 Å². The van der Waals surface area contributed by atoms with E-state index in [0.29, 0.717) is 12.2 Å². The molecule has 0 aliphatic heterocycles. The fourth-order valence-electron chi connectivity index (χ4n) is 0.901. The van der Waals surface area contributed by atoms with Crippen LogP contribution in [0.25, 0.3) is 0 Å². The highest BCUT2D eigenvalue weighted by Crippen LogP contribution is 2.12. The summed E-state index contributed by atoms with van der Waals surface area (Å²) in [5, 5.41) is 0. The van der Waals surface area contributed by atoms with Gasteiger partial charge in [0.1, 0.15) is 11.9 Å². The normalized spacial score (nSPS) is 13.3. The van der Waals surface area contributed by atoms with Gasteiger partial charge in [0.15, 0.2) is 0 Å². The minimum Gasteiger partial charge on any atom is -0.462 e. The van der Waals surface area contributed by atoms with E-state index in [2.05, 4.69) is 15.9 Å². The number of halogens is 1. The quantitative estimate of drug-likeness (QED) is 0.577. The van der Waals surface area contributed by atoms with Crippen LogP contribution in [0.3, 0.4) is 0 Å². The molecule has 1 atom stereocenters. The van der Waals surface area contributed by atoms with Crippen LogP contribution < -0.4 is 0 Å². The summed E-state index contributed by atoms with van der Waals surface area (Å²) >= 11 is 3.06. The summed E-state index contributed by atoms with van der Waals surface area (Å²) < 4.78 is 9.71. The van der Waals surface area contributed by atoms with E-state index in [-0.39, 0.29) is 12.1 Å². The van der Waals surface area contributed by atoms with Gasteiger partial charge in [0.2, 0.25) is 0 Å². The molecular weight excluding hydrogens is 252 g/mol. The van der Waals surface area contributed by atoms with Gasteiger partial charge >= 0.3 is 11.9 Å².